The zero-order valence-corrected chi connectivity index (χ0v) is 12.7. The fraction of sp³-hybridized carbons (Fsp3) is 0.312. The molecule has 0 aliphatic rings. The fourth-order valence-electron chi connectivity index (χ4n) is 2.01. The molecular weight excluding hydrogens is 280 g/mol. The van der Waals surface area contributed by atoms with Crippen molar-refractivity contribution in [2.75, 3.05) is 19.0 Å². The van der Waals surface area contributed by atoms with E-state index in [-0.39, 0.29) is 0 Å². The van der Waals surface area contributed by atoms with Crippen molar-refractivity contribution in [1.29, 1.82) is 0 Å². The first-order valence-corrected chi connectivity index (χ1v) is 7.04. The predicted octanol–water partition coefficient (Wildman–Crippen LogP) is 1.33. The number of rotatable bonds is 7. The quantitative estimate of drug-likeness (QED) is 0.803. The van der Waals surface area contributed by atoms with Gasteiger partial charge in [-0.05, 0) is 12.0 Å². The minimum atomic E-state index is -0.866. The molecule has 0 unspecified atom stereocenters. The summed E-state index contributed by atoms with van der Waals surface area (Å²) in [5.41, 5.74) is 1.84. The van der Waals surface area contributed by atoms with Gasteiger partial charge in [0.2, 0.25) is 5.95 Å². The molecule has 0 saturated heterocycles. The van der Waals surface area contributed by atoms with Gasteiger partial charge < -0.3 is 10.0 Å². The Balaban J connectivity index is 1.95. The molecule has 0 radical (unpaired) electrons. The molecule has 2 rings (SSSR count). The molecule has 2 N–H and O–H groups in total. The van der Waals surface area contributed by atoms with E-state index in [1.165, 1.54) is 0 Å². The Morgan fingerprint density at radius 1 is 1.18 bits per heavy atom. The maximum absolute atomic E-state index is 11.4. The van der Waals surface area contributed by atoms with Gasteiger partial charge in [-0.3, -0.25) is 10.1 Å². The van der Waals surface area contributed by atoms with Crippen LogP contribution in [0.3, 0.4) is 0 Å². The number of hydrogen-bond donors (Lipinski definition) is 2. The molecule has 0 aliphatic heterocycles. The summed E-state index contributed by atoms with van der Waals surface area (Å²) in [7, 11) is 3.74. The molecule has 116 valence electrons. The summed E-state index contributed by atoms with van der Waals surface area (Å²) in [6.45, 7) is 0.414. The van der Waals surface area contributed by atoms with Crippen molar-refractivity contribution in [3.8, 4) is 0 Å². The van der Waals surface area contributed by atoms with Crippen LogP contribution in [0.1, 0.15) is 11.1 Å². The van der Waals surface area contributed by atoms with Gasteiger partial charge in [-0.25, -0.2) is 9.97 Å². The van der Waals surface area contributed by atoms with Crippen LogP contribution in [0, 0.1) is 0 Å². The first kappa shape index (κ1) is 15.9. The second kappa shape index (κ2) is 7.51. The largest absolute Gasteiger partial charge is 0.480 e. The third-order valence-corrected chi connectivity index (χ3v) is 3.23. The van der Waals surface area contributed by atoms with E-state index in [1.807, 2.05) is 49.3 Å². The molecule has 1 heterocycles. The van der Waals surface area contributed by atoms with Crippen LogP contribution < -0.4 is 10.2 Å². The van der Waals surface area contributed by atoms with E-state index >= 15 is 0 Å². The van der Waals surface area contributed by atoms with Gasteiger partial charge in [-0.2, -0.15) is 0 Å². The van der Waals surface area contributed by atoms with E-state index in [2.05, 4.69) is 15.3 Å². The predicted molar refractivity (Wildman–Crippen MR) is 84.8 cm³/mol. The maximum Gasteiger partial charge on any atom is 0.321 e. The van der Waals surface area contributed by atoms with Crippen molar-refractivity contribution in [2.45, 2.75) is 19.0 Å². The molecule has 0 spiro atoms. The van der Waals surface area contributed by atoms with E-state index in [9.17, 15) is 9.90 Å². The molecule has 1 aromatic heterocycles. The summed E-state index contributed by atoms with van der Waals surface area (Å²) in [6.07, 6.45) is 3.85. The Bertz CT molecular complexity index is 599. The van der Waals surface area contributed by atoms with Crippen LogP contribution >= 0.6 is 0 Å². The summed E-state index contributed by atoms with van der Waals surface area (Å²) in [6, 6.07) is 8.93. The summed E-state index contributed by atoms with van der Waals surface area (Å²) < 4.78 is 0. The zero-order chi connectivity index (χ0) is 15.9. The third-order valence-electron chi connectivity index (χ3n) is 3.23. The number of hydrogen-bond acceptors (Lipinski definition) is 5. The number of carboxylic acids is 1. The third kappa shape index (κ3) is 4.53. The van der Waals surface area contributed by atoms with Crippen molar-refractivity contribution in [2.24, 2.45) is 0 Å². The summed E-state index contributed by atoms with van der Waals surface area (Å²) >= 11 is 0. The highest BCUT2D eigenvalue weighted by Crippen LogP contribution is 2.06. The van der Waals surface area contributed by atoms with Crippen LogP contribution in [-0.2, 0) is 17.8 Å². The molecule has 22 heavy (non-hydrogen) atoms. The Labute approximate surface area is 129 Å². The Morgan fingerprint density at radius 3 is 2.36 bits per heavy atom. The topological polar surface area (TPSA) is 78.4 Å². The number of benzene rings is 1. The Morgan fingerprint density at radius 2 is 1.82 bits per heavy atom. The first-order chi connectivity index (χ1) is 10.6. The Hall–Kier alpha value is -2.47. The second-order valence-corrected chi connectivity index (χ2v) is 5.25. The van der Waals surface area contributed by atoms with Crippen molar-refractivity contribution < 1.29 is 9.90 Å². The summed E-state index contributed by atoms with van der Waals surface area (Å²) in [5.74, 6) is -0.238. The van der Waals surface area contributed by atoms with Crippen LogP contribution in [0.2, 0.25) is 0 Å². The number of aromatic nitrogens is 2. The molecule has 2 aromatic rings. The minimum absolute atomic E-state index is 0.414. The molecule has 6 heteroatoms. The average Bonchev–Trinajstić information content (AvgIpc) is 2.52. The van der Waals surface area contributed by atoms with Gasteiger partial charge in [0, 0.05) is 38.6 Å². The van der Waals surface area contributed by atoms with Crippen molar-refractivity contribution in [3.05, 3.63) is 53.9 Å². The highest BCUT2D eigenvalue weighted by molar-refractivity contribution is 5.73. The van der Waals surface area contributed by atoms with E-state index < -0.39 is 12.0 Å². The van der Waals surface area contributed by atoms with Gasteiger partial charge in [0.1, 0.15) is 6.04 Å². The SMILES string of the molecule is CN(C)c1ncc(CN[C@@H](Cc2ccccc2)C(=O)O)cn1. The van der Waals surface area contributed by atoms with Crippen LogP contribution in [0.25, 0.3) is 0 Å². The van der Waals surface area contributed by atoms with Crippen molar-refractivity contribution in [3.63, 3.8) is 0 Å². The molecule has 1 atom stereocenters. The van der Waals surface area contributed by atoms with Crippen LogP contribution in [0.4, 0.5) is 5.95 Å². The number of aliphatic carboxylic acids is 1. The summed E-state index contributed by atoms with van der Waals surface area (Å²) in [5, 5.41) is 12.4. The molecule has 0 aliphatic carbocycles. The van der Waals surface area contributed by atoms with Gasteiger partial charge in [-0.1, -0.05) is 30.3 Å². The lowest BCUT2D eigenvalue weighted by atomic mass is 10.1. The van der Waals surface area contributed by atoms with Gasteiger partial charge in [0.15, 0.2) is 0 Å². The normalized spacial score (nSPS) is 11.9. The average molecular weight is 300 g/mol. The first-order valence-electron chi connectivity index (χ1n) is 7.04. The fourth-order valence-corrected chi connectivity index (χ4v) is 2.01. The molecule has 6 nitrogen and oxygen atoms in total. The lowest BCUT2D eigenvalue weighted by Gasteiger charge is -2.15. The van der Waals surface area contributed by atoms with Gasteiger partial charge >= 0.3 is 5.97 Å². The van der Waals surface area contributed by atoms with Crippen LogP contribution in [0.5, 0.6) is 0 Å². The zero-order valence-electron chi connectivity index (χ0n) is 12.7. The van der Waals surface area contributed by atoms with Crippen molar-refractivity contribution in [1.82, 2.24) is 15.3 Å². The number of nitrogens with one attached hydrogen (secondary N) is 1. The molecule has 1 aromatic carbocycles. The molecule has 0 fully saturated rings. The highest BCUT2D eigenvalue weighted by atomic mass is 16.4. The second-order valence-electron chi connectivity index (χ2n) is 5.25. The lowest BCUT2D eigenvalue weighted by molar-refractivity contribution is -0.139. The standard InChI is InChI=1S/C16H20N4O2/c1-20(2)16-18-10-13(11-19-16)9-17-14(15(21)22)8-12-6-4-3-5-7-12/h3-7,10-11,14,17H,8-9H2,1-2H3,(H,21,22)/t14-/m0/s1. The van der Waals surface area contributed by atoms with E-state index in [1.54, 1.807) is 12.4 Å². The maximum atomic E-state index is 11.4. The number of carboxylic acid groups (broad SMARTS) is 1. The molecule has 0 saturated carbocycles. The number of nitrogens with zero attached hydrogens (tertiary/aromatic N) is 3. The number of anilines is 1. The van der Waals surface area contributed by atoms with E-state index in [0.717, 1.165) is 11.1 Å². The van der Waals surface area contributed by atoms with Gasteiger partial charge in [0.25, 0.3) is 0 Å². The molecule has 0 bridgehead atoms. The van der Waals surface area contributed by atoms with Gasteiger partial charge in [0.05, 0.1) is 0 Å². The molecular formula is C16H20N4O2. The smallest absolute Gasteiger partial charge is 0.321 e. The van der Waals surface area contributed by atoms with E-state index in [4.69, 9.17) is 0 Å². The summed E-state index contributed by atoms with van der Waals surface area (Å²) in [4.78, 5) is 21.6. The minimum Gasteiger partial charge on any atom is -0.480 e. The lowest BCUT2D eigenvalue weighted by Crippen LogP contribution is -2.38. The Kier molecular flexibility index (Phi) is 5.43. The monoisotopic (exact) mass is 300 g/mol. The van der Waals surface area contributed by atoms with Gasteiger partial charge in [-0.15, -0.1) is 0 Å². The van der Waals surface area contributed by atoms with Crippen LogP contribution in [-0.4, -0.2) is 41.2 Å². The number of carbonyl (C=O) groups is 1. The highest BCUT2D eigenvalue weighted by Gasteiger charge is 2.17. The van der Waals surface area contributed by atoms with Crippen molar-refractivity contribution >= 4 is 11.9 Å². The molecule has 0 amide bonds. The van der Waals surface area contributed by atoms with E-state index in [0.29, 0.717) is 18.9 Å². The van der Waals surface area contributed by atoms with Crippen LogP contribution in [0.15, 0.2) is 42.7 Å².